The first-order valence-corrected chi connectivity index (χ1v) is 5.38. The smallest absolute Gasteiger partial charge is 0.336 e. The minimum atomic E-state index is -3.76. The van der Waals surface area contributed by atoms with Gasteiger partial charge >= 0.3 is 16.1 Å². The number of thiophene rings is 1. The first-order chi connectivity index (χ1) is 5.97. The van der Waals surface area contributed by atoms with Gasteiger partial charge in [-0.15, -0.1) is 11.3 Å². The summed E-state index contributed by atoms with van der Waals surface area (Å²) in [5.74, 6) is -1.16. The predicted octanol–water partition coefficient (Wildman–Crippen LogP) is 0.781. The number of rotatable bonds is 3. The van der Waals surface area contributed by atoms with Gasteiger partial charge in [0.15, 0.2) is 0 Å². The summed E-state index contributed by atoms with van der Waals surface area (Å²) >= 11 is 0.816. The molecule has 13 heavy (non-hydrogen) atoms. The molecule has 0 unspecified atom stereocenters. The molecule has 0 aromatic carbocycles. The van der Waals surface area contributed by atoms with E-state index in [2.05, 4.69) is 4.18 Å². The zero-order valence-corrected chi connectivity index (χ0v) is 8.18. The lowest BCUT2D eigenvalue weighted by Crippen LogP contribution is -2.00. The van der Waals surface area contributed by atoms with Gasteiger partial charge in [-0.3, -0.25) is 4.18 Å². The molecule has 1 N–H and O–H groups in total. The van der Waals surface area contributed by atoms with Crippen molar-refractivity contribution in [3.05, 3.63) is 17.0 Å². The molecule has 0 saturated heterocycles. The summed E-state index contributed by atoms with van der Waals surface area (Å²) in [4.78, 5) is 10.4. The number of carboxylic acid groups (broad SMARTS) is 1. The van der Waals surface area contributed by atoms with Crippen molar-refractivity contribution in [1.29, 1.82) is 0 Å². The van der Waals surface area contributed by atoms with Gasteiger partial charge in [-0.2, -0.15) is 8.42 Å². The molecule has 0 aliphatic rings. The lowest BCUT2D eigenvalue weighted by Gasteiger charge is -1.94. The second-order valence-corrected chi connectivity index (χ2v) is 4.93. The Labute approximate surface area is 78.7 Å². The van der Waals surface area contributed by atoms with Crippen LogP contribution in [0.15, 0.2) is 15.7 Å². The maximum absolute atomic E-state index is 11.0. The highest BCUT2D eigenvalue weighted by Gasteiger charge is 2.17. The maximum Gasteiger partial charge on any atom is 0.336 e. The third-order valence-corrected chi connectivity index (χ3v) is 3.96. The van der Waals surface area contributed by atoms with Crippen molar-refractivity contribution in [2.75, 3.05) is 7.11 Å². The van der Waals surface area contributed by atoms with Crippen LogP contribution in [0.1, 0.15) is 10.4 Å². The Morgan fingerprint density at radius 2 is 2.23 bits per heavy atom. The Morgan fingerprint density at radius 3 is 2.62 bits per heavy atom. The van der Waals surface area contributed by atoms with E-state index in [-0.39, 0.29) is 9.77 Å². The van der Waals surface area contributed by atoms with Crippen molar-refractivity contribution in [2.45, 2.75) is 4.21 Å². The van der Waals surface area contributed by atoms with Crippen molar-refractivity contribution in [1.82, 2.24) is 0 Å². The van der Waals surface area contributed by atoms with E-state index >= 15 is 0 Å². The summed E-state index contributed by atoms with van der Waals surface area (Å²) in [5.41, 5.74) is -0.0550. The van der Waals surface area contributed by atoms with Gasteiger partial charge in [0.2, 0.25) is 0 Å². The molecule has 0 fully saturated rings. The van der Waals surface area contributed by atoms with Crippen LogP contribution in [-0.2, 0) is 14.3 Å². The highest BCUT2D eigenvalue weighted by Crippen LogP contribution is 2.21. The van der Waals surface area contributed by atoms with Crippen LogP contribution in [-0.4, -0.2) is 26.6 Å². The molecule has 72 valence electrons. The lowest BCUT2D eigenvalue weighted by atomic mass is 10.4. The fourth-order valence-corrected chi connectivity index (χ4v) is 2.50. The van der Waals surface area contributed by atoms with Crippen molar-refractivity contribution in [2.24, 2.45) is 0 Å². The molecule has 1 aromatic rings. The minimum Gasteiger partial charge on any atom is -0.478 e. The molecule has 1 heterocycles. The van der Waals surface area contributed by atoms with Gasteiger partial charge in [0.25, 0.3) is 0 Å². The van der Waals surface area contributed by atoms with Crippen molar-refractivity contribution >= 4 is 27.4 Å². The minimum absolute atomic E-state index is 0.0550. The Bertz CT molecular complexity index is 416. The lowest BCUT2D eigenvalue weighted by molar-refractivity contribution is 0.0697. The second kappa shape index (κ2) is 3.44. The Balaban J connectivity index is 3.13. The van der Waals surface area contributed by atoms with Crippen molar-refractivity contribution < 1.29 is 22.5 Å². The van der Waals surface area contributed by atoms with Gasteiger partial charge in [-0.1, -0.05) is 0 Å². The number of hydrogen-bond donors (Lipinski definition) is 1. The standard InChI is InChI=1S/C6H6O5S2/c1-11-13(9,10)5-2-4(3-12-5)6(7)8/h2-3H,1H3,(H,7,8). The van der Waals surface area contributed by atoms with Crippen molar-refractivity contribution in [3.63, 3.8) is 0 Å². The van der Waals surface area contributed by atoms with Crippen LogP contribution in [0.5, 0.6) is 0 Å². The third-order valence-electron chi connectivity index (χ3n) is 1.29. The van der Waals surface area contributed by atoms with Crippen LogP contribution >= 0.6 is 11.3 Å². The van der Waals surface area contributed by atoms with Gasteiger partial charge in [0, 0.05) is 5.38 Å². The second-order valence-electron chi connectivity index (χ2n) is 2.08. The molecular formula is C6H6O5S2. The highest BCUT2D eigenvalue weighted by molar-refractivity contribution is 7.89. The largest absolute Gasteiger partial charge is 0.478 e. The number of aromatic carboxylic acids is 1. The monoisotopic (exact) mass is 222 g/mol. The van der Waals surface area contributed by atoms with Gasteiger partial charge < -0.3 is 5.11 Å². The fourth-order valence-electron chi connectivity index (χ4n) is 0.642. The van der Waals surface area contributed by atoms with Crippen LogP contribution in [0.2, 0.25) is 0 Å². The molecule has 1 rings (SSSR count). The zero-order chi connectivity index (χ0) is 10.1. The third kappa shape index (κ3) is 2.06. The first-order valence-electron chi connectivity index (χ1n) is 3.10. The molecule has 5 nitrogen and oxygen atoms in total. The van der Waals surface area contributed by atoms with E-state index in [1.807, 2.05) is 0 Å². The van der Waals surface area contributed by atoms with Crippen LogP contribution in [0.25, 0.3) is 0 Å². The Morgan fingerprint density at radius 1 is 1.62 bits per heavy atom. The highest BCUT2D eigenvalue weighted by atomic mass is 32.3. The van der Waals surface area contributed by atoms with E-state index in [9.17, 15) is 13.2 Å². The average molecular weight is 222 g/mol. The summed E-state index contributed by atoms with van der Waals surface area (Å²) < 4.78 is 26.2. The Kier molecular flexibility index (Phi) is 2.69. The summed E-state index contributed by atoms with van der Waals surface area (Å²) in [6, 6.07) is 1.06. The predicted molar refractivity (Wildman–Crippen MR) is 45.5 cm³/mol. The molecule has 7 heteroatoms. The van der Waals surface area contributed by atoms with E-state index in [0.717, 1.165) is 24.5 Å². The number of carbonyl (C=O) groups is 1. The number of carboxylic acids is 1. The molecule has 0 spiro atoms. The normalized spacial score (nSPS) is 11.5. The van der Waals surface area contributed by atoms with Gasteiger partial charge in [-0.05, 0) is 6.07 Å². The van der Waals surface area contributed by atoms with E-state index < -0.39 is 16.1 Å². The summed E-state index contributed by atoms with van der Waals surface area (Å²) in [6.45, 7) is 0. The fraction of sp³-hybridized carbons (Fsp3) is 0.167. The molecule has 0 atom stereocenters. The van der Waals surface area contributed by atoms with Gasteiger partial charge in [-0.25, -0.2) is 4.79 Å². The first kappa shape index (κ1) is 10.2. The van der Waals surface area contributed by atoms with E-state index in [1.54, 1.807) is 0 Å². The van der Waals surface area contributed by atoms with Gasteiger partial charge in [0.1, 0.15) is 4.21 Å². The molecule has 0 aliphatic carbocycles. The molecule has 0 radical (unpaired) electrons. The van der Waals surface area contributed by atoms with Crippen LogP contribution in [0.3, 0.4) is 0 Å². The summed E-state index contributed by atoms with van der Waals surface area (Å²) in [7, 11) is -2.73. The van der Waals surface area contributed by atoms with E-state index in [1.165, 1.54) is 5.38 Å². The molecular weight excluding hydrogens is 216 g/mol. The molecule has 0 amide bonds. The van der Waals surface area contributed by atoms with Crippen LogP contribution < -0.4 is 0 Å². The quantitative estimate of drug-likeness (QED) is 0.764. The maximum atomic E-state index is 11.0. The van der Waals surface area contributed by atoms with Gasteiger partial charge in [0.05, 0.1) is 12.7 Å². The molecule has 1 aromatic heterocycles. The van der Waals surface area contributed by atoms with Crippen LogP contribution in [0, 0.1) is 0 Å². The molecule has 0 aliphatic heterocycles. The van der Waals surface area contributed by atoms with Crippen molar-refractivity contribution in [3.8, 4) is 0 Å². The SMILES string of the molecule is COS(=O)(=O)c1cc(C(=O)O)cs1. The topological polar surface area (TPSA) is 80.7 Å². The molecule has 0 saturated carbocycles. The van der Waals surface area contributed by atoms with Crippen LogP contribution in [0.4, 0.5) is 0 Å². The molecule has 0 bridgehead atoms. The Hall–Kier alpha value is -0.920. The zero-order valence-electron chi connectivity index (χ0n) is 6.55. The number of hydrogen-bond acceptors (Lipinski definition) is 5. The van der Waals surface area contributed by atoms with E-state index in [0.29, 0.717) is 0 Å². The summed E-state index contributed by atoms with van der Waals surface area (Å²) in [5, 5.41) is 9.75. The average Bonchev–Trinajstić information content (AvgIpc) is 2.52. The summed E-state index contributed by atoms with van der Waals surface area (Å²) in [6.07, 6.45) is 0. The van der Waals surface area contributed by atoms with E-state index in [4.69, 9.17) is 5.11 Å².